The van der Waals surface area contributed by atoms with Crippen molar-refractivity contribution in [1.82, 2.24) is 14.9 Å². The summed E-state index contributed by atoms with van der Waals surface area (Å²) >= 11 is 6.00. The van der Waals surface area contributed by atoms with Crippen LogP contribution in [-0.2, 0) is 11.2 Å². The van der Waals surface area contributed by atoms with Crippen LogP contribution in [0.3, 0.4) is 0 Å². The Morgan fingerprint density at radius 2 is 1.68 bits per heavy atom. The summed E-state index contributed by atoms with van der Waals surface area (Å²) in [5.74, 6) is -1.35. The molecule has 0 saturated carbocycles. The number of hydrogen-bond donors (Lipinski definition) is 1. The quantitative estimate of drug-likeness (QED) is 0.248. The number of carboxylic acids is 1. The summed E-state index contributed by atoms with van der Waals surface area (Å²) in [7, 11) is 1.75. The van der Waals surface area contributed by atoms with Crippen molar-refractivity contribution in [3.05, 3.63) is 94.4 Å². The van der Waals surface area contributed by atoms with E-state index in [2.05, 4.69) is 0 Å². The average molecular weight is 520 g/mol. The molecule has 0 aliphatic rings. The molecule has 0 aliphatic heterocycles. The molecule has 0 saturated heterocycles. The van der Waals surface area contributed by atoms with Gasteiger partial charge in [0.1, 0.15) is 5.82 Å². The first-order valence-corrected chi connectivity index (χ1v) is 12.4. The van der Waals surface area contributed by atoms with Gasteiger partial charge in [-0.2, -0.15) is 0 Å². The zero-order valence-electron chi connectivity index (χ0n) is 20.6. The van der Waals surface area contributed by atoms with Crippen LogP contribution in [0.1, 0.15) is 53.8 Å². The average Bonchev–Trinajstić information content (AvgIpc) is 2.90. The Morgan fingerprint density at radius 1 is 0.973 bits per heavy atom. The highest BCUT2D eigenvalue weighted by Gasteiger charge is 2.20. The number of aromatic nitrogens is 2. The molecule has 4 aromatic rings. The van der Waals surface area contributed by atoms with Crippen LogP contribution in [0.15, 0.2) is 66.7 Å². The molecule has 4 rings (SSSR count). The molecule has 0 spiro atoms. The molecule has 1 amide bonds. The van der Waals surface area contributed by atoms with Gasteiger partial charge in [0.25, 0.3) is 5.91 Å². The standard InChI is InChI=1S/C29H27ClFN3O3/c1-18(19-7-12-22(30)13-8-19)34(2)29(37)21-11-16-24-26(17-21)32-25(5-3-4-6-27(35)36)28(33-24)20-9-14-23(31)15-10-20/h7-18H,3-6H2,1-2H3,(H,35,36)/t18-/m1/s1. The first-order chi connectivity index (χ1) is 17.7. The minimum Gasteiger partial charge on any atom is -0.481 e. The minimum atomic E-state index is -0.844. The van der Waals surface area contributed by atoms with Crippen LogP contribution in [0.2, 0.25) is 5.02 Å². The van der Waals surface area contributed by atoms with Crippen LogP contribution in [0.4, 0.5) is 4.39 Å². The van der Waals surface area contributed by atoms with Gasteiger partial charge < -0.3 is 10.0 Å². The lowest BCUT2D eigenvalue weighted by Gasteiger charge is -2.25. The van der Waals surface area contributed by atoms with Crippen LogP contribution >= 0.6 is 11.6 Å². The van der Waals surface area contributed by atoms with Crippen LogP contribution < -0.4 is 0 Å². The molecule has 37 heavy (non-hydrogen) atoms. The molecule has 8 heteroatoms. The summed E-state index contributed by atoms with van der Waals surface area (Å²) in [5, 5.41) is 9.59. The second kappa shape index (κ2) is 11.5. The summed E-state index contributed by atoms with van der Waals surface area (Å²) in [5.41, 5.74) is 4.65. The van der Waals surface area contributed by atoms with E-state index in [-0.39, 0.29) is 24.2 Å². The summed E-state index contributed by atoms with van der Waals surface area (Å²) in [6.45, 7) is 1.95. The Kier molecular flexibility index (Phi) is 8.14. The van der Waals surface area contributed by atoms with E-state index >= 15 is 0 Å². The molecule has 190 valence electrons. The number of fused-ring (bicyclic) bond motifs is 1. The summed E-state index contributed by atoms with van der Waals surface area (Å²) in [4.78, 5) is 35.5. The molecule has 1 aromatic heterocycles. The van der Waals surface area contributed by atoms with Gasteiger partial charge in [0.05, 0.1) is 28.5 Å². The Balaban J connectivity index is 1.65. The van der Waals surface area contributed by atoms with Crippen molar-refractivity contribution >= 4 is 34.5 Å². The van der Waals surface area contributed by atoms with Crippen molar-refractivity contribution in [2.45, 2.75) is 38.6 Å². The van der Waals surface area contributed by atoms with E-state index in [0.717, 1.165) is 11.1 Å². The number of aliphatic carboxylic acids is 1. The number of benzene rings is 3. The monoisotopic (exact) mass is 519 g/mol. The van der Waals surface area contributed by atoms with Gasteiger partial charge in [-0.05, 0) is 86.3 Å². The van der Waals surface area contributed by atoms with E-state index in [1.165, 1.54) is 12.1 Å². The Morgan fingerprint density at radius 3 is 2.35 bits per heavy atom. The minimum absolute atomic E-state index is 0.0731. The lowest BCUT2D eigenvalue weighted by Crippen LogP contribution is -2.29. The summed E-state index contributed by atoms with van der Waals surface area (Å²) in [6.07, 6.45) is 1.70. The molecule has 1 atom stereocenters. The van der Waals surface area contributed by atoms with Crippen molar-refractivity contribution in [2.75, 3.05) is 7.05 Å². The molecule has 6 nitrogen and oxygen atoms in total. The third-order valence-corrected chi connectivity index (χ3v) is 6.66. The molecule has 1 heterocycles. The number of unbranched alkanes of at least 4 members (excludes halogenated alkanes) is 1. The SMILES string of the molecule is C[C@H](c1ccc(Cl)cc1)N(C)C(=O)c1ccc2nc(-c3ccc(F)cc3)c(CCCCC(=O)O)nc2c1. The number of halogens is 2. The lowest BCUT2D eigenvalue weighted by atomic mass is 10.0. The number of nitrogens with zero attached hydrogens (tertiary/aromatic N) is 3. The molecule has 0 bridgehead atoms. The van der Waals surface area contributed by atoms with Gasteiger partial charge in [-0.25, -0.2) is 14.4 Å². The van der Waals surface area contributed by atoms with E-state index in [4.69, 9.17) is 26.7 Å². The second-order valence-corrected chi connectivity index (χ2v) is 9.41. The van der Waals surface area contributed by atoms with Gasteiger partial charge in [-0.15, -0.1) is 0 Å². The first kappa shape index (κ1) is 26.2. The largest absolute Gasteiger partial charge is 0.481 e. The van der Waals surface area contributed by atoms with Crippen molar-refractivity contribution in [1.29, 1.82) is 0 Å². The van der Waals surface area contributed by atoms with Gasteiger partial charge in [-0.3, -0.25) is 9.59 Å². The number of carbonyl (C=O) groups excluding carboxylic acids is 1. The van der Waals surface area contributed by atoms with Crippen LogP contribution in [0.25, 0.3) is 22.3 Å². The fourth-order valence-electron chi connectivity index (χ4n) is 4.15. The molecular weight excluding hydrogens is 493 g/mol. The van der Waals surface area contributed by atoms with E-state index in [0.29, 0.717) is 52.3 Å². The first-order valence-electron chi connectivity index (χ1n) is 12.0. The highest BCUT2D eigenvalue weighted by Crippen LogP contribution is 2.27. The normalized spacial score (nSPS) is 11.9. The third kappa shape index (κ3) is 6.30. The van der Waals surface area contributed by atoms with Gasteiger partial charge >= 0.3 is 5.97 Å². The Labute approximate surface area is 219 Å². The van der Waals surface area contributed by atoms with Crippen molar-refractivity contribution in [3.63, 3.8) is 0 Å². The number of rotatable bonds is 9. The zero-order valence-corrected chi connectivity index (χ0v) is 21.4. The topological polar surface area (TPSA) is 83.4 Å². The molecule has 0 fully saturated rings. The van der Waals surface area contributed by atoms with Crippen molar-refractivity contribution < 1.29 is 19.1 Å². The third-order valence-electron chi connectivity index (χ3n) is 6.41. The Hall–Kier alpha value is -3.84. The fraction of sp³-hybridized carbons (Fsp3) is 0.241. The summed E-state index contributed by atoms with van der Waals surface area (Å²) in [6, 6.07) is 18.5. The Bertz CT molecular complexity index is 1430. The lowest BCUT2D eigenvalue weighted by molar-refractivity contribution is -0.137. The molecule has 1 N–H and O–H groups in total. The van der Waals surface area contributed by atoms with Crippen molar-refractivity contribution in [2.24, 2.45) is 0 Å². The van der Waals surface area contributed by atoms with E-state index in [1.807, 2.05) is 19.1 Å². The number of hydrogen-bond acceptors (Lipinski definition) is 4. The van der Waals surface area contributed by atoms with E-state index in [9.17, 15) is 14.0 Å². The van der Waals surface area contributed by atoms with Gasteiger partial charge in [0.15, 0.2) is 0 Å². The predicted octanol–water partition coefficient (Wildman–Crippen LogP) is 6.72. The van der Waals surface area contributed by atoms with E-state index in [1.54, 1.807) is 54.4 Å². The van der Waals surface area contributed by atoms with Crippen LogP contribution in [0, 0.1) is 5.82 Å². The number of carbonyl (C=O) groups is 2. The summed E-state index contributed by atoms with van der Waals surface area (Å²) < 4.78 is 13.5. The van der Waals surface area contributed by atoms with Gasteiger partial charge in [-0.1, -0.05) is 23.7 Å². The smallest absolute Gasteiger partial charge is 0.303 e. The van der Waals surface area contributed by atoms with E-state index < -0.39 is 5.97 Å². The highest BCUT2D eigenvalue weighted by molar-refractivity contribution is 6.30. The predicted molar refractivity (Wildman–Crippen MR) is 142 cm³/mol. The van der Waals surface area contributed by atoms with Crippen LogP contribution in [0.5, 0.6) is 0 Å². The van der Waals surface area contributed by atoms with Gasteiger partial charge in [0.2, 0.25) is 0 Å². The molecule has 3 aromatic carbocycles. The maximum atomic E-state index is 13.5. The number of carboxylic acid groups (broad SMARTS) is 1. The molecule has 0 aliphatic carbocycles. The molecule has 0 radical (unpaired) electrons. The maximum absolute atomic E-state index is 13.5. The molecule has 0 unspecified atom stereocenters. The number of amides is 1. The zero-order chi connectivity index (χ0) is 26.5. The van der Waals surface area contributed by atoms with Crippen molar-refractivity contribution in [3.8, 4) is 11.3 Å². The highest BCUT2D eigenvalue weighted by atomic mass is 35.5. The molecular formula is C29H27ClFN3O3. The fourth-order valence-corrected chi connectivity index (χ4v) is 4.28. The van der Waals surface area contributed by atoms with Crippen LogP contribution in [-0.4, -0.2) is 38.9 Å². The number of aryl methyl sites for hydroxylation is 1. The van der Waals surface area contributed by atoms with Gasteiger partial charge in [0, 0.05) is 29.6 Å². The maximum Gasteiger partial charge on any atom is 0.303 e. The second-order valence-electron chi connectivity index (χ2n) is 8.97.